The second-order valence-corrected chi connectivity index (χ2v) is 6.53. The van der Waals surface area contributed by atoms with E-state index in [0.29, 0.717) is 5.02 Å². The highest BCUT2D eigenvalue weighted by atomic mass is 35.5. The molecule has 132 valence electrons. The van der Waals surface area contributed by atoms with Crippen molar-refractivity contribution in [3.63, 3.8) is 0 Å². The first kappa shape index (κ1) is 18.0. The molecule has 2 atom stereocenters. The van der Waals surface area contributed by atoms with Crippen LogP contribution in [0.5, 0.6) is 0 Å². The van der Waals surface area contributed by atoms with Gasteiger partial charge in [0.15, 0.2) is 5.92 Å². The van der Waals surface area contributed by atoms with Gasteiger partial charge in [0.2, 0.25) is 0 Å². The molecule has 0 aliphatic carbocycles. The molecule has 2 aromatic carbocycles. The third-order valence-electron chi connectivity index (χ3n) is 4.50. The first-order valence-electron chi connectivity index (χ1n) is 8.45. The summed E-state index contributed by atoms with van der Waals surface area (Å²) in [5.41, 5.74) is 3.68. The van der Waals surface area contributed by atoms with Gasteiger partial charge in [0.1, 0.15) is 0 Å². The van der Waals surface area contributed by atoms with E-state index in [1.54, 1.807) is 19.1 Å². The Labute approximate surface area is 157 Å². The van der Waals surface area contributed by atoms with Crippen LogP contribution < -0.4 is 0 Å². The summed E-state index contributed by atoms with van der Waals surface area (Å²) in [6.45, 7) is 3.93. The number of nitrogens with one attached hydrogen (secondary N) is 1. The minimum Gasteiger partial charge on any atom is -0.465 e. The number of hydrogen-bond donors (Lipinski definition) is 1. The molecule has 1 N–H and O–H groups in total. The topological polar surface area (TPSA) is 65.9 Å². The molecular weight excluding hydrogens is 348 g/mol. The summed E-state index contributed by atoms with van der Waals surface area (Å²) in [4.78, 5) is 15.9. The highest BCUT2D eigenvalue weighted by molar-refractivity contribution is 6.30. The number of carbonyl (C=O) groups is 1. The van der Waals surface area contributed by atoms with Crippen molar-refractivity contribution in [3.05, 3.63) is 70.4 Å². The molecule has 0 spiro atoms. The first-order chi connectivity index (χ1) is 12.6. The van der Waals surface area contributed by atoms with Gasteiger partial charge in [-0.1, -0.05) is 41.9 Å². The molecule has 3 rings (SSSR count). The fourth-order valence-electron chi connectivity index (χ4n) is 3.39. The molecular formula is C21H19ClN2O2. The van der Waals surface area contributed by atoms with E-state index in [4.69, 9.17) is 16.3 Å². The molecule has 26 heavy (non-hydrogen) atoms. The van der Waals surface area contributed by atoms with Crippen molar-refractivity contribution in [1.29, 1.82) is 5.26 Å². The maximum Gasteiger partial charge on any atom is 0.324 e. The summed E-state index contributed by atoms with van der Waals surface area (Å²) < 4.78 is 5.17. The molecule has 4 nitrogen and oxygen atoms in total. The number of fused-ring (bicyclic) bond motifs is 1. The third kappa shape index (κ3) is 3.31. The molecule has 1 aromatic heterocycles. The second kappa shape index (κ2) is 7.63. The Morgan fingerprint density at radius 3 is 2.58 bits per heavy atom. The fraction of sp³-hybridized carbons (Fsp3) is 0.238. The van der Waals surface area contributed by atoms with Crippen LogP contribution in [-0.2, 0) is 9.53 Å². The number of benzene rings is 2. The Kier molecular flexibility index (Phi) is 5.29. The van der Waals surface area contributed by atoms with Crippen molar-refractivity contribution in [3.8, 4) is 6.07 Å². The summed E-state index contributed by atoms with van der Waals surface area (Å²) in [5, 5.41) is 11.4. The number of nitriles is 1. The summed E-state index contributed by atoms with van der Waals surface area (Å²) in [5.74, 6) is -1.92. The summed E-state index contributed by atoms with van der Waals surface area (Å²) in [6.07, 6.45) is 0. The number of rotatable bonds is 5. The number of aryl methyl sites for hydroxylation is 1. The minimum atomic E-state index is -0.950. The molecule has 0 unspecified atom stereocenters. The van der Waals surface area contributed by atoms with Crippen LogP contribution in [0.4, 0.5) is 0 Å². The predicted molar refractivity (Wildman–Crippen MR) is 102 cm³/mol. The molecule has 5 heteroatoms. The number of carbonyl (C=O) groups excluding carboxylic acids is 1. The van der Waals surface area contributed by atoms with E-state index in [0.717, 1.165) is 27.7 Å². The van der Waals surface area contributed by atoms with Crippen molar-refractivity contribution in [2.45, 2.75) is 19.8 Å². The zero-order valence-corrected chi connectivity index (χ0v) is 15.4. The van der Waals surface area contributed by atoms with Gasteiger partial charge in [-0.2, -0.15) is 5.26 Å². The van der Waals surface area contributed by atoms with Gasteiger partial charge in [-0.3, -0.25) is 4.79 Å². The van der Waals surface area contributed by atoms with Gasteiger partial charge in [-0.05, 0) is 43.2 Å². The molecule has 0 saturated carbocycles. The van der Waals surface area contributed by atoms with Gasteiger partial charge in [0, 0.05) is 27.5 Å². The summed E-state index contributed by atoms with van der Waals surface area (Å²) in [6, 6.07) is 17.3. The summed E-state index contributed by atoms with van der Waals surface area (Å²) >= 11 is 6.03. The van der Waals surface area contributed by atoms with Crippen LogP contribution in [0.15, 0.2) is 48.5 Å². The van der Waals surface area contributed by atoms with Gasteiger partial charge in [0.25, 0.3) is 0 Å². The van der Waals surface area contributed by atoms with Crippen molar-refractivity contribution in [2.75, 3.05) is 6.61 Å². The maximum atomic E-state index is 12.5. The number of H-pyrrole nitrogens is 1. The number of aromatic amines is 1. The Morgan fingerprint density at radius 1 is 1.23 bits per heavy atom. The monoisotopic (exact) mass is 366 g/mol. The van der Waals surface area contributed by atoms with Gasteiger partial charge in [-0.15, -0.1) is 0 Å². The average Bonchev–Trinajstić information content (AvgIpc) is 2.96. The molecule has 0 aliphatic heterocycles. The van der Waals surface area contributed by atoms with E-state index in [1.807, 2.05) is 43.3 Å². The van der Waals surface area contributed by atoms with Crippen molar-refractivity contribution in [1.82, 2.24) is 4.98 Å². The van der Waals surface area contributed by atoms with E-state index >= 15 is 0 Å². The lowest BCUT2D eigenvalue weighted by Crippen LogP contribution is -2.24. The van der Waals surface area contributed by atoms with E-state index in [-0.39, 0.29) is 6.61 Å². The second-order valence-electron chi connectivity index (χ2n) is 6.10. The minimum absolute atomic E-state index is 0.233. The molecule has 3 aromatic rings. The van der Waals surface area contributed by atoms with Crippen LogP contribution >= 0.6 is 11.6 Å². The molecule has 0 radical (unpaired) electrons. The van der Waals surface area contributed by atoms with E-state index < -0.39 is 17.8 Å². The predicted octanol–water partition coefficient (Wildman–Crippen LogP) is 4.96. The number of nitrogens with zero attached hydrogens (tertiary/aromatic N) is 1. The Bertz CT molecular complexity index is 970. The maximum absolute atomic E-state index is 12.5. The number of para-hydroxylation sites is 1. The fourth-order valence-corrected chi connectivity index (χ4v) is 3.52. The SMILES string of the molecule is CCOC(=O)[C@@H](C#N)[C@@H](c1ccc(Cl)cc1)c1c(C)[nH]c2ccccc12. The highest BCUT2D eigenvalue weighted by Gasteiger charge is 2.35. The summed E-state index contributed by atoms with van der Waals surface area (Å²) in [7, 11) is 0. The number of aromatic nitrogens is 1. The lowest BCUT2D eigenvalue weighted by molar-refractivity contribution is -0.146. The van der Waals surface area contributed by atoms with Gasteiger partial charge < -0.3 is 9.72 Å². The number of esters is 1. The van der Waals surface area contributed by atoms with Crippen LogP contribution in [-0.4, -0.2) is 17.6 Å². The number of hydrogen-bond acceptors (Lipinski definition) is 3. The van der Waals surface area contributed by atoms with Crippen LogP contribution in [0, 0.1) is 24.2 Å². The van der Waals surface area contributed by atoms with Gasteiger partial charge in [-0.25, -0.2) is 0 Å². The zero-order valence-electron chi connectivity index (χ0n) is 14.6. The lowest BCUT2D eigenvalue weighted by atomic mass is 9.80. The molecule has 0 aliphatic rings. The van der Waals surface area contributed by atoms with Crippen LogP contribution in [0.1, 0.15) is 29.7 Å². The smallest absolute Gasteiger partial charge is 0.324 e. The molecule has 0 saturated heterocycles. The van der Waals surface area contributed by atoms with Crippen LogP contribution in [0.3, 0.4) is 0 Å². The zero-order chi connectivity index (χ0) is 18.7. The largest absolute Gasteiger partial charge is 0.465 e. The Morgan fingerprint density at radius 2 is 1.92 bits per heavy atom. The van der Waals surface area contributed by atoms with E-state index in [1.165, 1.54) is 0 Å². The van der Waals surface area contributed by atoms with Crippen molar-refractivity contribution in [2.24, 2.45) is 5.92 Å². The lowest BCUT2D eigenvalue weighted by Gasteiger charge is -2.22. The first-order valence-corrected chi connectivity index (χ1v) is 8.83. The van der Waals surface area contributed by atoms with Gasteiger partial charge in [0.05, 0.1) is 12.7 Å². The molecule has 0 amide bonds. The normalized spacial score (nSPS) is 13.2. The Balaban J connectivity index is 2.23. The van der Waals surface area contributed by atoms with E-state index in [9.17, 15) is 10.1 Å². The third-order valence-corrected chi connectivity index (χ3v) is 4.75. The quantitative estimate of drug-likeness (QED) is 0.648. The van der Waals surface area contributed by atoms with Crippen molar-refractivity contribution >= 4 is 28.5 Å². The Hall–Kier alpha value is -2.77. The van der Waals surface area contributed by atoms with Gasteiger partial charge >= 0.3 is 5.97 Å². The van der Waals surface area contributed by atoms with Crippen LogP contribution in [0.25, 0.3) is 10.9 Å². The standard InChI is InChI=1S/C21H19ClN2O2/c1-3-26-21(25)17(12-23)20(14-8-10-15(22)11-9-14)19-13(2)24-18-7-5-4-6-16(18)19/h4-11,17,20,24H,3H2,1-2H3/t17-,20+/m0/s1. The molecule has 0 bridgehead atoms. The van der Waals surface area contributed by atoms with Crippen LogP contribution in [0.2, 0.25) is 5.02 Å². The van der Waals surface area contributed by atoms with Crippen molar-refractivity contribution < 1.29 is 9.53 Å². The highest BCUT2D eigenvalue weighted by Crippen LogP contribution is 2.39. The molecule has 0 fully saturated rings. The number of halogens is 1. The number of ether oxygens (including phenoxy) is 1. The molecule has 1 heterocycles. The van der Waals surface area contributed by atoms with E-state index in [2.05, 4.69) is 11.1 Å². The average molecular weight is 367 g/mol.